The van der Waals surface area contributed by atoms with Gasteiger partial charge in [0.1, 0.15) is 5.75 Å². The molecule has 0 amide bonds. The van der Waals surface area contributed by atoms with E-state index in [0.717, 1.165) is 10.9 Å². The predicted molar refractivity (Wildman–Crippen MR) is 66.1 cm³/mol. The highest BCUT2D eigenvalue weighted by Crippen LogP contribution is 2.27. The highest BCUT2D eigenvalue weighted by atomic mass is 35.5. The first-order chi connectivity index (χ1) is 7.09. The predicted octanol–water partition coefficient (Wildman–Crippen LogP) is 1.68. The van der Waals surface area contributed by atoms with E-state index in [9.17, 15) is 9.90 Å². The summed E-state index contributed by atoms with van der Waals surface area (Å²) < 4.78 is 0. The molecule has 2 aromatic rings. The normalized spacial score (nSPS) is 12.1. The number of halogens is 1. The van der Waals surface area contributed by atoms with Crippen LogP contribution in [0.5, 0.6) is 5.75 Å². The van der Waals surface area contributed by atoms with E-state index in [1.54, 1.807) is 12.1 Å². The Morgan fingerprint density at radius 1 is 1.31 bits per heavy atom. The molecule has 0 aliphatic rings. The molecule has 86 valence electrons. The van der Waals surface area contributed by atoms with E-state index in [0.29, 0.717) is 5.52 Å². The minimum absolute atomic E-state index is 0. The number of nitrogens with two attached hydrogens (primary N) is 1. The van der Waals surface area contributed by atoms with Gasteiger partial charge in [-0.3, -0.25) is 4.79 Å². The highest BCUT2D eigenvalue weighted by Gasteiger charge is 2.08. The fraction of sp³-hybridized carbons (Fsp3) is 0.182. The average Bonchev–Trinajstić information content (AvgIpc) is 2.19. The van der Waals surface area contributed by atoms with E-state index < -0.39 is 0 Å². The van der Waals surface area contributed by atoms with Crippen LogP contribution in [0.2, 0.25) is 0 Å². The quantitative estimate of drug-likeness (QED) is 0.710. The Kier molecular flexibility index (Phi) is 3.57. The zero-order valence-electron chi connectivity index (χ0n) is 8.73. The van der Waals surface area contributed by atoms with Crippen molar-refractivity contribution in [1.29, 1.82) is 0 Å². The van der Waals surface area contributed by atoms with Crippen LogP contribution in [0.1, 0.15) is 18.5 Å². The second-order valence-corrected chi connectivity index (χ2v) is 3.57. The maximum Gasteiger partial charge on any atom is 0.248 e. The largest absolute Gasteiger partial charge is 0.506 e. The van der Waals surface area contributed by atoms with E-state index in [4.69, 9.17) is 5.73 Å². The van der Waals surface area contributed by atoms with Crippen LogP contribution < -0.4 is 11.3 Å². The molecule has 5 heteroatoms. The van der Waals surface area contributed by atoms with Crippen LogP contribution in [-0.4, -0.2) is 10.1 Å². The monoisotopic (exact) mass is 240 g/mol. The molecule has 0 radical (unpaired) electrons. The molecule has 16 heavy (non-hydrogen) atoms. The van der Waals surface area contributed by atoms with Crippen molar-refractivity contribution in [2.45, 2.75) is 13.0 Å². The van der Waals surface area contributed by atoms with Crippen molar-refractivity contribution in [2.24, 2.45) is 5.73 Å². The maximum absolute atomic E-state index is 11.1. The van der Waals surface area contributed by atoms with Crippen LogP contribution in [0.3, 0.4) is 0 Å². The summed E-state index contributed by atoms with van der Waals surface area (Å²) in [6.07, 6.45) is 0. The topological polar surface area (TPSA) is 79.1 Å². The van der Waals surface area contributed by atoms with E-state index in [2.05, 4.69) is 4.98 Å². The van der Waals surface area contributed by atoms with Crippen molar-refractivity contribution in [3.8, 4) is 5.75 Å². The van der Waals surface area contributed by atoms with Gasteiger partial charge in [0, 0.05) is 17.5 Å². The smallest absolute Gasteiger partial charge is 0.248 e. The molecule has 1 aromatic carbocycles. The lowest BCUT2D eigenvalue weighted by atomic mass is 10.0. The van der Waals surface area contributed by atoms with Crippen LogP contribution in [0.15, 0.2) is 29.1 Å². The number of hydrogen-bond acceptors (Lipinski definition) is 3. The number of aromatic hydroxyl groups is 1. The van der Waals surface area contributed by atoms with Crippen LogP contribution in [-0.2, 0) is 0 Å². The van der Waals surface area contributed by atoms with Gasteiger partial charge in [-0.2, -0.15) is 0 Å². The summed E-state index contributed by atoms with van der Waals surface area (Å²) in [5, 5.41) is 10.4. The maximum atomic E-state index is 11.1. The number of benzene rings is 1. The Bertz CT molecular complexity index is 563. The molecule has 1 aromatic heterocycles. The Morgan fingerprint density at radius 2 is 2.00 bits per heavy atom. The number of H-pyrrole nitrogens is 1. The van der Waals surface area contributed by atoms with Gasteiger partial charge in [-0.1, -0.05) is 6.07 Å². The fourth-order valence-electron chi connectivity index (χ4n) is 1.66. The first-order valence-corrected chi connectivity index (χ1v) is 4.70. The zero-order valence-corrected chi connectivity index (χ0v) is 9.54. The third kappa shape index (κ3) is 2.03. The highest BCUT2D eigenvalue weighted by molar-refractivity contribution is 5.87. The van der Waals surface area contributed by atoms with E-state index in [1.165, 1.54) is 12.1 Å². The zero-order chi connectivity index (χ0) is 11.0. The number of phenols is 1. The summed E-state index contributed by atoms with van der Waals surface area (Å²) in [6, 6.07) is 6.26. The van der Waals surface area contributed by atoms with E-state index >= 15 is 0 Å². The van der Waals surface area contributed by atoms with Gasteiger partial charge < -0.3 is 15.8 Å². The molecule has 1 unspecified atom stereocenters. The molecular formula is C11H13ClN2O2. The van der Waals surface area contributed by atoms with Crippen molar-refractivity contribution in [2.75, 3.05) is 0 Å². The lowest BCUT2D eigenvalue weighted by Crippen LogP contribution is -2.08. The summed E-state index contributed by atoms with van der Waals surface area (Å²) in [6.45, 7) is 1.86. The number of aromatic amines is 1. The van der Waals surface area contributed by atoms with Gasteiger partial charge in [-0.25, -0.2) is 0 Å². The van der Waals surface area contributed by atoms with Gasteiger partial charge in [-0.05, 0) is 24.6 Å². The Morgan fingerprint density at radius 3 is 2.62 bits per heavy atom. The number of rotatable bonds is 1. The summed E-state index contributed by atoms with van der Waals surface area (Å²) in [5.74, 6) is 0.0621. The van der Waals surface area contributed by atoms with Crippen molar-refractivity contribution in [3.05, 3.63) is 40.2 Å². The summed E-state index contributed by atoms with van der Waals surface area (Å²) in [4.78, 5) is 13.7. The van der Waals surface area contributed by atoms with Crippen molar-refractivity contribution in [3.63, 3.8) is 0 Å². The number of aromatic nitrogens is 1. The van der Waals surface area contributed by atoms with Crippen LogP contribution in [0.4, 0.5) is 0 Å². The summed E-state index contributed by atoms with van der Waals surface area (Å²) in [5.41, 5.74) is 6.90. The molecule has 0 aliphatic heterocycles. The van der Waals surface area contributed by atoms with Gasteiger partial charge in [0.2, 0.25) is 5.56 Å². The van der Waals surface area contributed by atoms with E-state index in [1.807, 2.05) is 6.92 Å². The Labute approximate surface area is 98.5 Å². The summed E-state index contributed by atoms with van der Waals surface area (Å²) in [7, 11) is 0. The first-order valence-electron chi connectivity index (χ1n) is 4.70. The van der Waals surface area contributed by atoms with Crippen molar-refractivity contribution < 1.29 is 5.11 Å². The van der Waals surface area contributed by atoms with Crippen molar-refractivity contribution >= 4 is 23.3 Å². The minimum atomic E-state index is -0.236. The van der Waals surface area contributed by atoms with Crippen LogP contribution >= 0.6 is 12.4 Å². The second-order valence-electron chi connectivity index (χ2n) is 3.57. The number of fused-ring (bicyclic) bond motifs is 1. The minimum Gasteiger partial charge on any atom is -0.506 e. The molecule has 0 aliphatic carbocycles. The third-order valence-corrected chi connectivity index (χ3v) is 2.40. The molecule has 0 bridgehead atoms. The molecule has 0 spiro atoms. The molecule has 1 heterocycles. The van der Waals surface area contributed by atoms with Crippen LogP contribution in [0.25, 0.3) is 10.9 Å². The third-order valence-electron chi connectivity index (χ3n) is 2.40. The van der Waals surface area contributed by atoms with Gasteiger partial charge >= 0.3 is 0 Å². The van der Waals surface area contributed by atoms with E-state index in [-0.39, 0.29) is 29.8 Å². The number of hydrogen-bond donors (Lipinski definition) is 3. The van der Waals surface area contributed by atoms with Gasteiger partial charge in [0.25, 0.3) is 0 Å². The number of pyridine rings is 1. The van der Waals surface area contributed by atoms with Gasteiger partial charge in [0.15, 0.2) is 0 Å². The van der Waals surface area contributed by atoms with Crippen LogP contribution in [0, 0.1) is 0 Å². The molecule has 4 nitrogen and oxygen atoms in total. The Hall–Kier alpha value is -1.52. The molecular weight excluding hydrogens is 228 g/mol. The molecule has 0 saturated carbocycles. The SMILES string of the molecule is CC(N)c1ccc(O)c2[nH]c(=O)ccc12.Cl. The number of nitrogens with one attached hydrogen (secondary N) is 1. The molecule has 0 saturated heterocycles. The summed E-state index contributed by atoms with van der Waals surface area (Å²) >= 11 is 0. The lowest BCUT2D eigenvalue weighted by Gasteiger charge is -2.10. The Balaban J connectivity index is 0.00000128. The number of phenolic OH excluding ortho intramolecular Hbond substituents is 1. The fourth-order valence-corrected chi connectivity index (χ4v) is 1.66. The van der Waals surface area contributed by atoms with Gasteiger partial charge in [-0.15, -0.1) is 12.4 Å². The first kappa shape index (κ1) is 12.5. The molecule has 1 atom stereocenters. The second kappa shape index (κ2) is 4.55. The molecule has 0 fully saturated rings. The molecule has 4 N–H and O–H groups in total. The van der Waals surface area contributed by atoms with Crippen molar-refractivity contribution in [1.82, 2.24) is 4.98 Å². The standard InChI is InChI=1S/C11H12N2O2.ClH/c1-6(12)7-2-4-9(14)11-8(7)3-5-10(15)13-11;/h2-6,14H,12H2,1H3,(H,13,15);1H. The molecule has 2 rings (SSSR count). The van der Waals surface area contributed by atoms with Gasteiger partial charge in [0.05, 0.1) is 5.52 Å². The lowest BCUT2D eigenvalue weighted by molar-refractivity contribution is 0.480. The average molecular weight is 241 g/mol.